The number of ether oxygens (including phenoxy) is 1. The molecular weight excluding hydrogens is 244 g/mol. The normalized spacial score (nSPS) is 12.6. The predicted molar refractivity (Wildman–Crippen MR) is 67.0 cm³/mol. The molecule has 0 atom stereocenters. The number of methoxy groups -OCH3 is 1. The summed E-state index contributed by atoms with van der Waals surface area (Å²) in [7, 11) is -2.02. The SMILES string of the molecule is CCC(CC)N(CCO)S(=O)(=O)NCCOC. The van der Waals surface area contributed by atoms with Crippen LogP contribution in [0.1, 0.15) is 26.7 Å². The first-order chi connectivity index (χ1) is 8.03. The number of nitrogens with one attached hydrogen (secondary N) is 1. The molecule has 7 heteroatoms. The summed E-state index contributed by atoms with van der Waals surface area (Å²) in [5.41, 5.74) is 0. The summed E-state index contributed by atoms with van der Waals surface area (Å²) in [4.78, 5) is 0. The Hall–Kier alpha value is -0.210. The van der Waals surface area contributed by atoms with Gasteiger partial charge in [-0.3, -0.25) is 0 Å². The molecule has 0 aliphatic rings. The Morgan fingerprint density at radius 2 is 1.94 bits per heavy atom. The minimum Gasteiger partial charge on any atom is -0.395 e. The second kappa shape index (κ2) is 8.82. The summed E-state index contributed by atoms with van der Waals surface area (Å²) in [6.45, 7) is 4.37. The van der Waals surface area contributed by atoms with Gasteiger partial charge in [-0.15, -0.1) is 0 Å². The fraction of sp³-hybridized carbons (Fsp3) is 1.00. The molecule has 0 rings (SSSR count). The first kappa shape index (κ1) is 16.8. The molecule has 0 amide bonds. The van der Waals surface area contributed by atoms with Crippen LogP contribution in [0.15, 0.2) is 0 Å². The highest BCUT2D eigenvalue weighted by Crippen LogP contribution is 2.12. The third kappa shape index (κ3) is 5.78. The number of hydrogen-bond acceptors (Lipinski definition) is 4. The first-order valence-electron chi connectivity index (χ1n) is 5.89. The molecule has 0 radical (unpaired) electrons. The summed E-state index contributed by atoms with van der Waals surface area (Å²) in [5, 5.41) is 8.95. The van der Waals surface area contributed by atoms with Crippen LogP contribution < -0.4 is 4.72 Å². The third-order valence-electron chi connectivity index (χ3n) is 2.57. The van der Waals surface area contributed by atoms with Crippen molar-refractivity contribution in [2.45, 2.75) is 32.7 Å². The van der Waals surface area contributed by atoms with E-state index in [1.54, 1.807) is 0 Å². The van der Waals surface area contributed by atoms with E-state index in [1.807, 2.05) is 13.8 Å². The third-order valence-corrected chi connectivity index (χ3v) is 4.24. The Labute approximate surface area is 104 Å². The fourth-order valence-electron chi connectivity index (χ4n) is 1.65. The smallest absolute Gasteiger partial charge is 0.279 e. The second-order valence-corrected chi connectivity index (χ2v) is 5.40. The number of aliphatic hydroxyl groups is 1. The molecule has 0 spiro atoms. The van der Waals surface area contributed by atoms with Crippen molar-refractivity contribution in [3.05, 3.63) is 0 Å². The van der Waals surface area contributed by atoms with Crippen molar-refractivity contribution in [1.29, 1.82) is 0 Å². The zero-order valence-electron chi connectivity index (χ0n) is 10.8. The van der Waals surface area contributed by atoms with Crippen molar-refractivity contribution in [3.8, 4) is 0 Å². The van der Waals surface area contributed by atoms with Crippen molar-refractivity contribution >= 4 is 10.2 Å². The topological polar surface area (TPSA) is 78.9 Å². The largest absolute Gasteiger partial charge is 0.395 e. The van der Waals surface area contributed by atoms with E-state index in [0.717, 1.165) is 12.8 Å². The van der Waals surface area contributed by atoms with Gasteiger partial charge in [-0.05, 0) is 12.8 Å². The average molecular weight is 268 g/mol. The van der Waals surface area contributed by atoms with E-state index in [2.05, 4.69) is 4.72 Å². The quantitative estimate of drug-likeness (QED) is 0.545. The van der Waals surface area contributed by atoms with Crippen molar-refractivity contribution in [1.82, 2.24) is 9.03 Å². The van der Waals surface area contributed by atoms with Gasteiger partial charge in [-0.25, -0.2) is 0 Å². The zero-order chi connectivity index (χ0) is 13.3. The van der Waals surface area contributed by atoms with E-state index < -0.39 is 10.2 Å². The van der Waals surface area contributed by atoms with Gasteiger partial charge in [0.2, 0.25) is 0 Å². The van der Waals surface area contributed by atoms with Gasteiger partial charge in [0.05, 0.1) is 13.2 Å². The zero-order valence-corrected chi connectivity index (χ0v) is 11.7. The standard InChI is InChI=1S/C10H24N2O4S/c1-4-10(5-2)12(7-8-13)17(14,15)11-6-9-16-3/h10-11,13H,4-9H2,1-3H3. The molecular formula is C10H24N2O4S. The highest BCUT2D eigenvalue weighted by Gasteiger charge is 2.26. The maximum Gasteiger partial charge on any atom is 0.279 e. The minimum atomic E-state index is -3.54. The van der Waals surface area contributed by atoms with Gasteiger partial charge in [0.25, 0.3) is 10.2 Å². The Morgan fingerprint density at radius 1 is 1.35 bits per heavy atom. The highest BCUT2D eigenvalue weighted by molar-refractivity contribution is 7.87. The lowest BCUT2D eigenvalue weighted by Gasteiger charge is -2.28. The van der Waals surface area contributed by atoms with E-state index >= 15 is 0 Å². The predicted octanol–water partition coefficient (Wildman–Crippen LogP) is -0.0499. The van der Waals surface area contributed by atoms with Crippen LogP contribution in [0.4, 0.5) is 0 Å². The van der Waals surface area contributed by atoms with Crippen LogP contribution in [0.25, 0.3) is 0 Å². The molecule has 0 bridgehead atoms. The van der Waals surface area contributed by atoms with Gasteiger partial charge in [-0.2, -0.15) is 17.4 Å². The van der Waals surface area contributed by atoms with Gasteiger partial charge >= 0.3 is 0 Å². The molecule has 0 aromatic rings. The van der Waals surface area contributed by atoms with E-state index in [4.69, 9.17) is 9.84 Å². The van der Waals surface area contributed by atoms with Crippen molar-refractivity contribution in [2.24, 2.45) is 0 Å². The summed E-state index contributed by atoms with van der Waals surface area (Å²) in [6, 6.07) is -0.0813. The van der Waals surface area contributed by atoms with Crippen LogP contribution in [-0.2, 0) is 14.9 Å². The second-order valence-electron chi connectivity index (χ2n) is 3.70. The fourth-order valence-corrected chi connectivity index (χ4v) is 3.17. The lowest BCUT2D eigenvalue weighted by atomic mass is 10.2. The first-order valence-corrected chi connectivity index (χ1v) is 7.33. The molecule has 6 nitrogen and oxygen atoms in total. The van der Waals surface area contributed by atoms with Gasteiger partial charge in [-0.1, -0.05) is 13.8 Å². The Balaban J connectivity index is 4.65. The van der Waals surface area contributed by atoms with Crippen molar-refractivity contribution < 1.29 is 18.3 Å². The van der Waals surface area contributed by atoms with Crippen LogP contribution >= 0.6 is 0 Å². The maximum absolute atomic E-state index is 12.0. The molecule has 2 N–H and O–H groups in total. The molecule has 104 valence electrons. The Bertz CT molecular complexity index is 278. The van der Waals surface area contributed by atoms with Gasteiger partial charge in [0, 0.05) is 26.2 Å². The molecule has 0 aromatic heterocycles. The monoisotopic (exact) mass is 268 g/mol. The summed E-state index contributed by atoms with van der Waals surface area (Å²) in [6.07, 6.45) is 1.45. The molecule has 0 aromatic carbocycles. The Kier molecular flexibility index (Phi) is 8.71. The van der Waals surface area contributed by atoms with Crippen molar-refractivity contribution in [3.63, 3.8) is 0 Å². The Morgan fingerprint density at radius 3 is 2.35 bits per heavy atom. The van der Waals surface area contributed by atoms with E-state index in [1.165, 1.54) is 11.4 Å². The summed E-state index contributed by atoms with van der Waals surface area (Å²) in [5.74, 6) is 0. The van der Waals surface area contributed by atoms with E-state index in [-0.39, 0.29) is 25.7 Å². The summed E-state index contributed by atoms with van der Waals surface area (Å²) < 4.78 is 32.6. The molecule has 17 heavy (non-hydrogen) atoms. The van der Waals surface area contributed by atoms with Crippen molar-refractivity contribution in [2.75, 3.05) is 33.4 Å². The highest BCUT2D eigenvalue weighted by atomic mass is 32.2. The van der Waals surface area contributed by atoms with Crippen LogP contribution in [0, 0.1) is 0 Å². The van der Waals surface area contributed by atoms with Gasteiger partial charge in [0.15, 0.2) is 0 Å². The average Bonchev–Trinajstić information content (AvgIpc) is 2.29. The molecule has 0 aliphatic heterocycles. The number of hydrogen-bond donors (Lipinski definition) is 2. The molecule has 0 fully saturated rings. The van der Waals surface area contributed by atoms with E-state index in [9.17, 15) is 8.42 Å². The number of nitrogens with zero attached hydrogens (tertiary/aromatic N) is 1. The van der Waals surface area contributed by atoms with Crippen LogP contribution in [0.2, 0.25) is 0 Å². The molecule has 0 saturated carbocycles. The number of aliphatic hydroxyl groups excluding tert-OH is 1. The molecule has 0 saturated heterocycles. The number of rotatable bonds is 10. The van der Waals surface area contributed by atoms with Gasteiger partial charge in [0.1, 0.15) is 0 Å². The minimum absolute atomic E-state index is 0.0813. The van der Waals surface area contributed by atoms with Crippen LogP contribution in [0.3, 0.4) is 0 Å². The lowest BCUT2D eigenvalue weighted by molar-refractivity contribution is 0.199. The molecule has 0 unspecified atom stereocenters. The molecule has 0 heterocycles. The lowest BCUT2D eigenvalue weighted by Crippen LogP contribution is -2.48. The van der Waals surface area contributed by atoms with Crippen LogP contribution in [0.5, 0.6) is 0 Å². The van der Waals surface area contributed by atoms with Gasteiger partial charge < -0.3 is 9.84 Å². The maximum atomic E-state index is 12.0. The molecule has 0 aliphatic carbocycles. The summed E-state index contributed by atoms with van der Waals surface area (Å²) >= 11 is 0. The van der Waals surface area contributed by atoms with E-state index in [0.29, 0.717) is 6.61 Å². The van der Waals surface area contributed by atoms with Crippen LogP contribution in [-0.4, -0.2) is 57.3 Å².